The Hall–Kier alpha value is -6.51. The van der Waals surface area contributed by atoms with E-state index in [0.717, 1.165) is 38.5 Å². The first-order chi connectivity index (χ1) is 32.9. The summed E-state index contributed by atoms with van der Waals surface area (Å²) in [5.74, 6) is 0. The van der Waals surface area contributed by atoms with Gasteiger partial charge in [-0.25, -0.2) is 0 Å². The number of rotatable bonds is 15. The van der Waals surface area contributed by atoms with Crippen molar-refractivity contribution in [3.63, 3.8) is 0 Å². The lowest BCUT2D eigenvalue weighted by atomic mass is 9.98. The monoisotopic (exact) mass is 918 g/mol. The van der Waals surface area contributed by atoms with Crippen LogP contribution in [0.25, 0.3) is 0 Å². The van der Waals surface area contributed by atoms with E-state index >= 15 is 0 Å². The van der Waals surface area contributed by atoms with Gasteiger partial charge in [-0.15, -0.1) is 11.1 Å². The molecule has 2 heteroatoms. The third-order valence-electron chi connectivity index (χ3n) is 13.5. The molecule has 338 valence electrons. The zero-order chi connectivity index (χ0) is 47.2. The molecule has 0 atom stereocenters. The molecular weight excluding hydrogens is 856 g/mol. The van der Waals surface area contributed by atoms with Crippen molar-refractivity contribution in [2.24, 2.45) is 0 Å². The van der Waals surface area contributed by atoms with Gasteiger partial charge in [0.1, 0.15) is 0 Å². The average molecular weight is 920 g/mol. The summed E-state index contributed by atoms with van der Waals surface area (Å²) in [6.07, 6.45) is 4.97. The first-order valence-electron chi connectivity index (χ1n) is 24.3. The molecule has 0 saturated carbocycles. The van der Waals surface area contributed by atoms with Crippen LogP contribution in [0.2, 0.25) is 0 Å². The van der Waals surface area contributed by atoms with Gasteiger partial charge in [-0.3, -0.25) is 0 Å². The van der Waals surface area contributed by atoms with E-state index in [1.54, 1.807) is 0 Å². The maximum Gasteiger partial charge on any atom is 0.247 e. The number of hydrogen-bond acceptors (Lipinski definition) is 0. The van der Waals surface area contributed by atoms with Gasteiger partial charge in [0.05, 0.1) is 0 Å². The molecule has 0 heterocycles. The van der Waals surface area contributed by atoms with Gasteiger partial charge in [-0.1, -0.05) is 234 Å². The van der Waals surface area contributed by atoms with Gasteiger partial charge in [0.15, 0.2) is 0 Å². The molecule has 0 amide bonds. The maximum atomic E-state index is 9.03. The van der Waals surface area contributed by atoms with Gasteiger partial charge in [-0.2, -0.15) is 0 Å². The summed E-state index contributed by atoms with van der Waals surface area (Å²) in [6.45, 7) is 13.0. The van der Waals surface area contributed by atoms with Gasteiger partial charge in [0.2, 0.25) is 7.38 Å². The van der Waals surface area contributed by atoms with Crippen molar-refractivity contribution in [2.45, 2.75) is 80.1 Å². The maximum absolute atomic E-state index is 9.03. The van der Waals surface area contributed by atoms with Crippen LogP contribution in [0.4, 0.5) is 0 Å². The Morgan fingerprint density at radius 1 is 0.221 bits per heavy atom. The van der Waals surface area contributed by atoms with Crippen molar-refractivity contribution in [2.75, 3.05) is 0 Å². The minimum absolute atomic E-state index is 0.828. The lowest BCUT2D eigenvalue weighted by molar-refractivity contribution is 1.13. The summed E-state index contributed by atoms with van der Waals surface area (Å²) in [7, 11) is -3.35. The molecule has 9 rings (SSSR count). The van der Waals surface area contributed by atoms with Crippen LogP contribution in [0.15, 0.2) is 200 Å². The fourth-order valence-corrected chi connectivity index (χ4v) is 13.9. The number of hydrogen-bond donors (Lipinski definition) is 0. The van der Waals surface area contributed by atoms with E-state index < -0.39 is 7.38 Å². The molecule has 0 fully saturated rings. The predicted molar refractivity (Wildman–Crippen MR) is 294 cm³/mol. The molecule has 68 heavy (non-hydrogen) atoms. The van der Waals surface area contributed by atoms with Crippen LogP contribution < -0.4 is 15.6 Å². The Morgan fingerprint density at radius 2 is 0.368 bits per heavy atom. The summed E-state index contributed by atoms with van der Waals surface area (Å²) in [5.41, 5.74) is 23.2. The normalized spacial score (nSPS) is 11.5. The fourth-order valence-electron chi connectivity index (χ4n) is 9.65. The molecule has 0 unspecified atom stereocenters. The lowest BCUT2D eigenvalue weighted by Gasteiger charge is -2.30. The summed E-state index contributed by atoms with van der Waals surface area (Å²) >= 11 is 9.03. The summed E-state index contributed by atoms with van der Waals surface area (Å²) in [4.78, 5) is 0. The SMILES string of the molecule is Cc1ccc(Cc2cc(Cc3ccc(C)cc3)cc([Si](Cl)(c3cc(Cc4ccc(C)cc4)cc(Cc4ccc(C)cc4)c3)c3cc(Cc4ccc(C)cc4)cc(Cc4ccc(C)cc4)c3)c2)cc1. The molecular formula is C66H63ClSi. The van der Waals surface area contributed by atoms with Gasteiger partial charge < -0.3 is 0 Å². The highest BCUT2D eigenvalue weighted by Gasteiger charge is 2.40. The first-order valence-corrected chi connectivity index (χ1v) is 27.3. The van der Waals surface area contributed by atoms with E-state index in [1.807, 2.05) is 0 Å². The molecule has 0 aliphatic carbocycles. The van der Waals surface area contributed by atoms with Crippen molar-refractivity contribution in [3.05, 3.63) is 300 Å². The second kappa shape index (κ2) is 20.8. The van der Waals surface area contributed by atoms with Gasteiger partial charge in [0, 0.05) is 0 Å². The van der Waals surface area contributed by atoms with Crippen LogP contribution >= 0.6 is 11.1 Å². The molecule has 0 N–H and O–H groups in total. The molecule has 0 saturated heterocycles. The van der Waals surface area contributed by atoms with Gasteiger partial charge >= 0.3 is 0 Å². The molecule has 9 aromatic rings. The average Bonchev–Trinajstić information content (AvgIpc) is 3.33. The van der Waals surface area contributed by atoms with Crippen LogP contribution in [-0.4, -0.2) is 7.38 Å². The Balaban J connectivity index is 1.29. The number of aryl methyl sites for hydroxylation is 6. The molecule has 0 aliphatic rings. The second-order valence-electron chi connectivity index (χ2n) is 19.7. The first kappa shape index (κ1) is 46.6. The topological polar surface area (TPSA) is 0 Å². The number of halogens is 1. The largest absolute Gasteiger partial charge is 0.247 e. The molecule has 0 aromatic heterocycles. The quantitative estimate of drug-likeness (QED) is 0.0546. The third-order valence-corrected chi connectivity index (χ3v) is 18.7. The molecule has 0 radical (unpaired) electrons. The predicted octanol–water partition coefficient (Wildman–Crippen LogP) is 14.3. The Kier molecular flexibility index (Phi) is 14.2. The zero-order valence-corrected chi connectivity index (χ0v) is 42.4. The molecule has 0 aliphatic heterocycles. The van der Waals surface area contributed by atoms with Gasteiger partial charge in [-0.05, 0) is 162 Å². The highest BCUT2D eigenvalue weighted by molar-refractivity contribution is 7.40. The zero-order valence-electron chi connectivity index (χ0n) is 40.7. The van der Waals surface area contributed by atoms with E-state index in [9.17, 15) is 0 Å². The van der Waals surface area contributed by atoms with Crippen LogP contribution in [0.1, 0.15) is 100 Å². The van der Waals surface area contributed by atoms with E-state index in [0.29, 0.717) is 0 Å². The van der Waals surface area contributed by atoms with Crippen molar-refractivity contribution in [1.29, 1.82) is 0 Å². The van der Waals surface area contributed by atoms with E-state index in [-0.39, 0.29) is 0 Å². The standard InChI is InChI=1S/C66H63ClSi/c1-46-7-19-52(20-8-46)31-58-37-59(32-53-21-9-47(2)10-22-53)41-64(40-58)68(67,65-42-60(33-54-23-11-48(3)12-24-54)38-61(43-65)34-55-25-13-49(4)14-26-55)66-44-62(35-56-27-15-50(5)16-28-56)39-63(45-66)36-57-29-17-51(6)18-30-57/h7-30,37-45H,31-36H2,1-6H3. The lowest BCUT2D eigenvalue weighted by Crippen LogP contribution is -2.63. The number of benzene rings is 9. The van der Waals surface area contributed by atoms with E-state index in [2.05, 4.69) is 242 Å². The van der Waals surface area contributed by atoms with Crippen molar-refractivity contribution >= 4 is 34.0 Å². The van der Waals surface area contributed by atoms with Crippen LogP contribution in [0.3, 0.4) is 0 Å². The Labute approximate surface area is 412 Å². The molecule has 9 aromatic carbocycles. The van der Waals surface area contributed by atoms with Crippen molar-refractivity contribution in [1.82, 2.24) is 0 Å². The summed E-state index contributed by atoms with van der Waals surface area (Å²) in [6, 6.07) is 76.3. The second-order valence-corrected chi connectivity index (χ2v) is 24.5. The van der Waals surface area contributed by atoms with E-state index in [1.165, 1.54) is 116 Å². The highest BCUT2D eigenvalue weighted by Crippen LogP contribution is 2.25. The Bertz CT molecular complexity index is 2580. The van der Waals surface area contributed by atoms with Crippen LogP contribution in [-0.2, 0) is 38.5 Å². The molecule has 0 nitrogen and oxygen atoms in total. The fraction of sp³-hybridized carbons (Fsp3) is 0.182. The summed E-state index contributed by atoms with van der Waals surface area (Å²) in [5, 5.41) is 3.69. The van der Waals surface area contributed by atoms with Crippen molar-refractivity contribution < 1.29 is 0 Å². The van der Waals surface area contributed by atoms with E-state index in [4.69, 9.17) is 11.1 Å². The minimum atomic E-state index is -3.35. The molecule has 0 spiro atoms. The van der Waals surface area contributed by atoms with Crippen molar-refractivity contribution in [3.8, 4) is 0 Å². The molecule has 0 bridgehead atoms. The Morgan fingerprint density at radius 3 is 0.515 bits per heavy atom. The summed E-state index contributed by atoms with van der Waals surface area (Å²) < 4.78 is 0. The highest BCUT2D eigenvalue weighted by atomic mass is 35.6. The van der Waals surface area contributed by atoms with Gasteiger partial charge in [0.25, 0.3) is 0 Å². The van der Waals surface area contributed by atoms with Crippen LogP contribution in [0.5, 0.6) is 0 Å². The third kappa shape index (κ3) is 11.8. The minimum Gasteiger partial charge on any atom is -0.149 e. The smallest absolute Gasteiger partial charge is 0.149 e. The van der Waals surface area contributed by atoms with Crippen LogP contribution in [0, 0.1) is 41.5 Å².